The summed E-state index contributed by atoms with van der Waals surface area (Å²) in [6.45, 7) is 13.8. The predicted molar refractivity (Wildman–Crippen MR) is 180 cm³/mol. The maximum atomic E-state index is 14.0. The normalized spacial score (nSPS) is 37.7. The van der Waals surface area contributed by atoms with Gasteiger partial charge >= 0.3 is 11.9 Å². The van der Waals surface area contributed by atoms with Gasteiger partial charge in [-0.15, -0.1) is 0 Å². The first-order valence-electron chi connectivity index (χ1n) is 18.0. The molecule has 0 spiro atoms. The van der Waals surface area contributed by atoms with Crippen LogP contribution in [0.4, 0.5) is 0 Å². The molecule has 252 valence electrons. The number of carboxylic acids is 2. The van der Waals surface area contributed by atoms with Gasteiger partial charge in [0.05, 0.1) is 17.5 Å². The summed E-state index contributed by atoms with van der Waals surface area (Å²) in [5, 5.41) is 21.9. The number of carbonyl (C=O) groups is 3. The molecule has 8 atom stereocenters. The van der Waals surface area contributed by atoms with Crippen molar-refractivity contribution in [2.24, 2.45) is 51.2 Å². The highest BCUT2D eigenvalue weighted by atomic mass is 16.4. The van der Waals surface area contributed by atoms with E-state index in [1.54, 1.807) is 12.1 Å². The van der Waals surface area contributed by atoms with Crippen molar-refractivity contribution in [2.45, 2.75) is 98.8 Å². The minimum Gasteiger partial charge on any atom is -0.480 e. The Morgan fingerprint density at radius 1 is 0.870 bits per heavy atom. The van der Waals surface area contributed by atoms with E-state index in [4.69, 9.17) is 0 Å². The van der Waals surface area contributed by atoms with E-state index in [2.05, 4.69) is 39.1 Å². The van der Waals surface area contributed by atoms with Crippen molar-refractivity contribution in [2.75, 3.05) is 26.2 Å². The van der Waals surface area contributed by atoms with E-state index in [1.807, 2.05) is 24.0 Å². The van der Waals surface area contributed by atoms with Crippen molar-refractivity contribution < 1.29 is 24.6 Å². The van der Waals surface area contributed by atoms with Crippen molar-refractivity contribution >= 4 is 23.4 Å². The van der Waals surface area contributed by atoms with Crippen LogP contribution in [0, 0.1) is 51.2 Å². The molecule has 4 fully saturated rings. The molecule has 0 heterocycles. The minimum absolute atomic E-state index is 0.000992. The summed E-state index contributed by atoms with van der Waals surface area (Å²) in [6, 6.07) is 7.49. The van der Waals surface area contributed by atoms with Gasteiger partial charge in [0, 0.05) is 13.1 Å². The van der Waals surface area contributed by atoms with E-state index in [0.717, 1.165) is 44.1 Å². The first-order chi connectivity index (χ1) is 21.8. The number of fused-ring (bicyclic) bond motifs is 7. The number of aliphatic carboxylic acids is 1. The second-order valence-electron chi connectivity index (χ2n) is 16.6. The Labute approximate surface area is 275 Å². The van der Waals surface area contributed by atoms with E-state index < -0.39 is 11.9 Å². The first kappa shape index (κ1) is 33.2. The monoisotopic (exact) mass is 632 g/mol. The van der Waals surface area contributed by atoms with Gasteiger partial charge in [0.2, 0.25) is 5.91 Å². The van der Waals surface area contributed by atoms with Crippen molar-refractivity contribution in [1.29, 1.82) is 0 Å². The standard InChI is InChI=1S/C39H56N2O5/c1-6-41(24-33(42)43)23-22-40-35(46)39-18-7-8-30(39)27-13-14-32-37(4,29(27)16-21-39)20-17-31-36(2,3)28(15-19-38(31,32)5)25-9-11-26(12-10-25)34(44)45/h9-12,15,27,29-32H,6-8,13-14,16-24H2,1-5H3,(H,40,46)(H,42,43)(H,44,45)/t27-,29?,30?,31?,32?,37-,38-,39-/m0/s1. The molecule has 7 heteroatoms. The van der Waals surface area contributed by atoms with Gasteiger partial charge in [-0.25, -0.2) is 4.79 Å². The third-order valence-electron chi connectivity index (χ3n) is 14.5. The Kier molecular flexibility index (Phi) is 8.74. The average molecular weight is 633 g/mol. The van der Waals surface area contributed by atoms with Crippen LogP contribution in [0.2, 0.25) is 0 Å². The molecule has 0 aliphatic heterocycles. The molecule has 3 N–H and O–H groups in total. The summed E-state index contributed by atoms with van der Waals surface area (Å²) in [4.78, 5) is 38.5. The van der Waals surface area contributed by atoms with Crippen LogP contribution >= 0.6 is 0 Å². The van der Waals surface area contributed by atoms with E-state index in [1.165, 1.54) is 31.3 Å². The lowest BCUT2D eigenvalue weighted by atomic mass is 9.36. The van der Waals surface area contributed by atoms with Gasteiger partial charge in [-0.2, -0.15) is 0 Å². The van der Waals surface area contributed by atoms with Crippen LogP contribution in [-0.2, 0) is 9.59 Å². The molecule has 5 aliphatic rings. The third kappa shape index (κ3) is 5.23. The molecular weight excluding hydrogens is 576 g/mol. The van der Waals surface area contributed by atoms with Gasteiger partial charge in [0.25, 0.3) is 0 Å². The van der Waals surface area contributed by atoms with E-state index >= 15 is 0 Å². The second kappa shape index (κ2) is 12.1. The molecule has 7 nitrogen and oxygen atoms in total. The van der Waals surface area contributed by atoms with Crippen molar-refractivity contribution in [1.82, 2.24) is 10.2 Å². The number of hydrogen-bond acceptors (Lipinski definition) is 4. The summed E-state index contributed by atoms with van der Waals surface area (Å²) in [7, 11) is 0. The molecule has 1 aromatic carbocycles. The number of likely N-dealkylation sites (N-methyl/N-ethyl adjacent to an activating group) is 1. The number of amides is 1. The molecule has 5 aliphatic carbocycles. The Balaban J connectivity index is 1.20. The molecule has 4 unspecified atom stereocenters. The fraction of sp³-hybridized carbons (Fsp3) is 0.718. The smallest absolute Gasteiger partial charge is 0.335 e. The van der Waals surface area contributed by atoms with E-state index in [9.17, 15) is 24.6 Å². The van der Waals surface area contributed by atoms with Crippen LogP contribution < -0.4 is 5.32 Å². The molecule has 46 heavy (non-hydrogen) atoms. The molecule has 4 saturated carbocycles. The van der Waals surface area contributed by atoms with Crippen molar-refractivity contribution in [3.05, 3.63) is 41.5 Å². The number of carbonyl (C=O) groups excluding carboxylic acids is 1. The first-order valence-corrected chi connectivity index (χ1v) is 18.0. The number of carboxylic acid groups (broad SMARTS) is 2. The number of hydrogen-bond donors (Lipinski definition) is 3. The quantitative estimate of drug-likeness (QED) is 0.263. The van der Waals surface area contributed by atoms with E-state index in [0.29, 0.717) is 54.8 Å². The molecule has 1 aromatic rings. The lowest BCUT2D eigenvalue weighted by Crippen LogP contribution is -2.62. The van der Waals surface area contributed by atoms with Gasteiger partial charge in [-0.1, -0.05) is 59.2 Å². The Morgan fingerprint density at radius 2 is 1.61 bits per heavy atom. The van der Waals surface area contributed by atoms with Crippen LogP contribution in [-0.4, -0.2) is 59.1 Å². The van der Waals surface area contributed by atoms with Gasteiger partial charge in [0.15, 0.2) is 0 Å². The summed E-state index contributed by atoms with van der Waals surface area (Å²) in [5.41, 5.74) is 3.10. The lowest BCUT2D eigenvalue weighted by Gasteiger charge is -2.68. The summed E-state index contributed by atoms with van der Waals surface area (Å²) < 4.78 is 0. The number of rotatable bonds is 9. The Hall–Kier alpha value is -2.67. The number of allylic oxidation sites excluding steroid dienone is 2. The number of aromatic carboxylic acids is 1. The largest absolute Gasteiger partial charge is 0.480 e. The fourth-order valence-electron chi connectivity index (χ4n) is 12.5. The highest BCUT2D eigenvalue weighted by Crippen LogP contribution is 2.73. The zero-order valence-corrected chi connectivity index (χ0v) is 28.7. The summed E-state index contributed by atoms with van der Waals surface area (Å²) in [5.74, 6) is 1.47. The number of nitrogens with one attached hydrogen (secondary N) is 1. The molecule has 0 bridgehead atoms. The van der Waals surface area contributed by atoms with Crippen LogP contribution in [0.1, 0.15) is 115 Å². The van der Waals surface area contributed by atoms with Crippen LogP contribution in [0.15, 0.2) is 30.3 Å². The second-order valence-corrected chi connectivity index (χ2v) is 16.6. The van der Waals surface area contributed by atoms with Crippen LogP contribution in [0.3, 0.4) is 0 Å². The lowest BCUT2D eigenvalue weighted by molar-refractivity contribution is -0.181. The molecule has 0 radical (unpaired) electrons. The van der Waals surface area contributed by atoms with Gasteiger partial charge in [0.1, 0.15) is 0 Å². The molecule has 1 amide bonds. The molecular formula is C39H56N2O5. The fourth-order valence-corrected chi connectivity index (χ4v) is 12.5. The molecule has 0 saturated heterocycles. The maximum Gasteiger partial charge on any atom is 0.335 e. The Morgan fingerprint density at radius 3 is 2.28 bits per heavy atom. The number of benzene rings is 1. The van der Waals surface area contributed by atoms with Crippen molar-refractivity contribution in [3.63, 3.8) is 0 Å². The topological polar surface area (TPSA) is 107 Å². The van der Waals surface area contributed by atoms with Crippen molar-refractivity contribution in [3.8, 4) is 0 Å². The zero-order chi connectivity index (χ0) is 33.1. The van der Waals surface area contributed by atoms with Gasteiger partial charge in [-0.3, -0.25) is 14.5 Å². The minimum atomic E-state index is -0.882. The highest BCUT2D eigenvalue weighted by molar-refractivity contribution is 5.88. The Bertz CT molecular complexity index is 1380. The van der Waals surface area contributed by atoms with Crippen LogP contribution in [0.25, 0.3) is 5.57 Å². The average Bonchev–Trinajstić information content (AvgIpc) is 3.46. The van der Waals surface area contributed by atoms with Gasteiger partial charge in [-0.05, 0) is 133 Å². The third-order valence-corrected chi connectivity index (χ3v) is 14.5. The van der Waals surface area contributed by atoms with E-state index in [-0.39, 0.29) is 34.1 Å². The zero-order valence-electron chi connectivity index (χ0n) is 28.7. The molecule has 6 rings (SSSR count). The van der Waals surface area contributed by atoms with Crippen LogP contribution in [0.5, 0.6) is 0 Å². The highest BCUT2D eigenvalue weighted by Gasteiger charge is 2.66. The predicted octanol–water partition coefficient (Wildman–Crippen LogP) is 7.37. The summed E-state index contributed by atoms with van der Waals surface area (Å²) in [6.07, 6.45) is 13.9. The molecule has 0 aromatic heterocycles. The SMILES string of the molecule is CCN(CCNC(=O)[C@]12CCCC1[C@H]1CCC3[C@@](C)(CCC4C(C)(C)C(c5ccc(C(=O)O)cc5)=CC[C@@]43C)C1CC2)CC(=O)O. The maximum absolute atomic E-state index is 14.0. The number of nitrogens with zero attached hydrogens (tertiary/aromatic N) is 1. The van der Waals surface area contributed by atoms with Gasteiger partial charge < -0.3 is 15.5 Å². The summed E-state index contributed by atoms with van der Waals surface area (Å²) >= 11 is 0.